The maximum atomic E-state index is 14.2. The lowest BCUT2D eigenvalue weighted by Gasteiger charge is -2.16. The molecule has 27 heavy (non-hydrogen) atoms. The van der Waals surface area contributed by atoms with Crippen LogP contribution in [0.1, 0.15) is 0 Å². The Hall–Kier alpha value is -3.03. The summed E-state index contributed by atoms with van der Waals surface area (Å²) in [6.07, 6.45) is 0. The second-order valence-electron chi connectivity index (χ2n) is 5.46. The molecule has 0 bridgehead atoms. The van der Waals surface area contributed by atoms with Crippen molar-refractivity contribution < 1.29 is 35.5 Å². The standard InChI is InChI=1S/C19H9F7O/c1-27-19-9(8-5-6-12(20)16(24)14(8)22)3-2-4-10(19)11-7-13(21)17(25)18(26)15(11)23/h2-7H,1H3. The highest BCUT2D eigenvalue weighted by molar-refractivity contribution is 5.83. The van der Waals surface area contributed by atoms with Crippen molar-refractivity contribution in [1.82, 2.24) is 0 Å². The molecule has 8 heteroatoms. The van der Waals surface area contributed by atoms with Gasteiger partial charge in [-0.25, -0.2) is 30.7 Å². The molecule has 0 unspecified atom stereocenters. The average molecular weight is 386 g/mol. The summed E-state index contributed by atoms with van der Waals surface area (Å²) in [6.45, 7) is 0. The number of benzene rings is 3. The first-order valence-corrected chi connectivity index (χ1v) is 7.42. The molecule has 3 aromatic carbocycles. The minimum atomic E-state index is -2.03. The molecule has 0 saturated heterocycles. The Morgan fingerprint density at radius 2 is 1.11 bits per heavy atom. The van der Waals surface area contributed by atoms with Gasteiger partial charge in [0.15, 0.2) is 40.7 Å². The first-order valence-electron chi connectivity index (χ1n) is 7.42. The number of methoxy groups -OCH3 is 1. The summed E-state index contributed by atoms with van der Waals surface area (Å²) in [5.41, 5.74) is -1.48. The van der Waals surface area contributed by atoms with E-state index in [0.29, 0.717) is 12.1 Å². The minimum absolute atomic E-state index is 0.129. The van der Waals surface area contributed by atoms with Crippen LogP contribution in [0, 0.1) is 40.7 Å². The van der Waals surface area contributed by atoms with E-state index in [9.17, 15) is 30.7 Å². The summed E-state index contributed by atoms with van der Waals surface area (Å²) in [5, 5.41) is 0. The molecule has 3 rings (SSSR count). The van der Waals surface area contributed by atoms with Crippen LogP contribution >= 0.6 is 0 Å². The largest absolute Gasteiger partial charge is 0.495 e. The fourth-order valence-electron chi connectivity index (χ4n) is 2.68. The van der Waals surface area contributed by atoms with Crippen LogP contribution in [0.3, 0.4) is 0 Å². The zero-order valence-corrected chi connectivity index (χ0v) is 13.5. The second kappa shape index (κ2) is 6.94. The van der Waals surface area contributed by atoms with E-state index in [1.54, 1.807) is 0 Å². The van der Waals surface area contributed by atoms with Crippen molar-refractivity contribution in [2.24, 2.45) is 0 Å². The maximum Gasteiger partial charge on any atom is 0.198 e. The molecule has 3 aromatic rings. The summed E-state index contributed by atoms with van der Waals surface area (Å²) in [7, 11) is 1.11. The highest BCUT2D eigenvalue weighted by atomic mass is 19.2. The molecule has 0 radical (unpaired) electrons. The van der Waals surface area contributed by atoms with Gasteiger partial charge in [0.1, 0.15) is 5.75 Å². The Balaban J connectivity index is 2.31. The lowest BCUT2D eigenvalue weighted by atomic mass is 9.96. The first kappa shape index (κ1) is 18.8. The molecule has 0 aliphatic heterocycles. The topological polar surface area (TPSA) is 9.23 Å². The molecule has 0 spiro atoms. The van der Waals surface area contributed by atoms with Crippen molar-refractivity contribution in [3.8, 4) is 28.0 Å². The third kappa shape index (κ3) is 3.01. The summed E-state index contributed by atoms with van der Waals surface area (Å²) in [5.74, 6) is -12.3. The Kier molecular flexibility index (Phi) is 4.82. The maximum absolute atomic E-state index is 14.2. The Morgan fingerprint density at radius 1 is 0.556 bits per heavy atom. The molecule has 0 fully saturated rings. The second-order valence-corrected chi connectivity index (χ2v) is 5.46. The highest BCUT2D eigenvalue weighted by Crippen LogP contribution is 2.41. The summed E-state index contributed by atoms with van der Waals surface area (Å²) >= 11 is 0. The molecule has 0 atom stereocenters. The average Bonchev–Trinajstić information content (AvgIpc) is 2.67. The summed E-state index contributed by atoms with van der Waals surface area (Å²) in [6, 6.07) is 5.72. The van der Waals surface area contributed by atoms with Gasteiger partial charge in [0.05, 0.1) is 7.11 Å². The predicted molar refractivity (Wildman–Crippen MR) is 83.6 cm³/mol. The number of hydrogen-bond acceptors (Lipinski definition) is 1. The van der Waals surface area contributed by atoms with Gasteiger partial charge in [-0.3, -0.25) is 0 Å². The van der Waals surface area contributed by atoms with Crippen LogP contribution in [0.5, 0.6) is 5.75 Å². The van der Waals surface area contributed by atoms with Gasteiger partial charge in [-0.15, -0.1) is 0 Å². The van der Waals surface area contributed by atoms with Crippen LogP contribution in [0.2, 0.25) is 0 Å². The van der Waals surface area contributed by atoms with Gasteiger partial charge in [0.2, 0.25) is 0 Å². The van der Waals surface area contributed by atoms with Gasteiger partial charge >= 0.3 is 0 Å². The van der Waals surface area contributed by atoms with Crippen molar-refractivity contribution in [2.45, 2.75) is 0 Å². The Morgan fingerprint density at radius 3 is 1.74 bits per heavy atom. The van der Waals surface area contributed by atoms with E-state index in [2.05, 4.69) is 0 Å². The van der Waals surface area contributed by atoms with E-state index < -0.39 is 51.8 Å². The number of halogens is 7. The van der Waals surface area contributed by atoms with E-state index in [-0.39, 0.29) is 16.9 Å². The summed E-state index contributed by atoms with van der Waals surface area (Å²) in [4.78, 5) is 0. The molecular weight excluding hydrogens is 377 g/mol. The lowest BCUT2D eigenvalue weighted by molar-refractivity contribution is 0.407. The molecule has 0 aromatic heterocycles. The zero-order valence-electron chi connectivity index (χ0n) is 13.5. The quantitative estimate of drug-likeness (QED) is 0.305. The van der Waals surface area contributed by atoms with Crippen LogP contribution in [0.15, 0.2) is 36.4 Å². The summed E-state index contributed by atoms with van der Waals surface area (Å²) < 4.78 is 100. The van der Waals surface area contributed by atoms with Crippen LogP contribution in [0.4, 0.5) is 30.7 Å². The highest BCUT2D eigenvalue weighted by Gasteiger charge is 2.24. The SMILES string of the molecule is COc1c(-c2ccc(F)c(F)c2F)cccc1-c1cc(F)c(F)c(F)c1F. The third-order valence-electron chi connectivity index (χ3n) is 3.94. The molecular formula is C19H9F7O. The zero-order chi connectivity index (χ0) is 19.9. The molecule has 0 N–H and O–H groups in total. The fraction of sp³-hybridized carbons (Fsp3) is 0.0526. The molecule has 0 aliphatic rings. The minimum Gasteiger partial charge on any atom is -0.495 e. The normalized spacial score (nSPS) is 11.0. The third-order valence-corrected chi connectivity index (χ3v) is 3.94. The van der Waals surface area contributed by atoms with Crippen LogP contribution in [-0.4, -0.2) is 7.11 Å². The van der Waals surface area contributed by atoms with Crippen molar-refractivity contribution in [3.63, 3.8) is 0 Å². The lowest BCUT2D eigenvalue weighted by Crippen LogP contribution is -2.01. The molecule has 140 valence electrons. The number of ether oxygens (including phenoxy) is 1. The molecule has 0 amide bonds. The van der Waals surface area contributed by atoms with Gasteiger partial charge in [-0.2, -0.15) is 0 Å². The van der Waals surface area contributed by atoms with Crippen LogP contribution in [-0.2, 0) is 0 Å². The van der Waals surface area contributed by atoms with Crippen LogP contribution in [0.25, 0.3) is 22.3 Å². The van der Waals surface area contributed by atoms with Crippen molar-refractivity contribution >= 4 is 0 Å². The van der Waals surface area contributed by atoms with Crippen molar-refractivity contribution in [3.05, 3.63) is 77.1 Å². The number of rotatable bonds is 3. The number of para-hydroxylation sites is 1. The van der Waals surface area contributed by atoms with Gasteiger partial charge < -0.3 is 4.74 Å². The Labute approximate surface area is 148 Å². The van der Waals surface area contributed by atoms with E-state index in [4.69, 9.17) is 4.74 Å². The van der Waals surface area contributed by atoms with Crippen molar-refractivity contribution in [1.29, 1.82) is 0 Å². The first-order chi connectivity index (χ1) is 12.8. The fourth-order valence-corrected chi connectivity index (χ4v) is 2.68. The molecule has 0 aliphatic carbocycles. The van der Waals surface area contributed by atoms with E-state index in [1.807, 2.05) is 0 Å². The molecule has 0 saturated carbocycles. The molecule has 1 nitrogen and oxygen atoms in total. The predicted octanol–water partition coefficient (Wildman–Crippen LogP) is 6.00. The van der Waals surface area contributed by atoms with Crippen LogP contribution < -0.4 is 4.74 Å². The number of hydrogen-bond donors (Lipinski definition) is 0. The van der Waals surface area contributed by atoms with Gasteiger partial charge in [-0.05, 0) is 18.2 Å². The van der Waals surface area contributed by atoms with Gasteiger partial charge in [-0.1, -0.05) is 18.2 Å². The van der Waals surface area contributed by atoms with Gasteiger partial charge in [0.25, 0.3) is 0 Å². The van der Waals surface area contributed by atoms with Gasteiger partial charge in [0, 0.05) is 22.3 Å². The van der Waals surface area contributed by atoms with Crippen molar-refractivity contribution in [2.75, 3.05) is 7.11 Å². The van der Waals surface area contributed by atoms with E-state index in [1.165, 1.54) is 18.2 Å². The Bertz CT molecular complexity index is 1050. The monoisotopic (exact) mass is 386 g/mol. The smallest absolute Gasteiger partial charge is 0.198 e. The van der Waals surface area contributed by atoms with E-state index in [0.717, 1.165) is 13.2 Å². The van der Waals surface area contributed by atoms with E-state index >= 15 is 0 Å². The molecule has 0 heterocycles.